The monoisotopic (exact) mass is 272 g/mol. The summed E-state index contributed by atoms with van der Waals surface area (Å²) in [5.74, 6) is -0.310. The Morgan fingerprint density at radius 1 is 1.10 bits per heavy atom. The van der Waals surface area contributed by atoms with Gasteiger partial charge in [-0.15, -0.1) is 0 Å². The van der Waals surface area contributed by atoms with E-state index in [2.05, 4.69) is 18.2 Å². The van der Waals surface area contributed by atoms with Crippen LogP contribution in [0.2, 0.25) is 0 Å². The van der Waals surface area contributed by atoms with E-state index in [1.54, 1.807) is 12.1 Å². The van der Waals surface area contributed by atoms with Crippen LogP contribution >= 0.6 is 0 Å². The van der Waals surface area contributed by atoms with Gasteiger partial charge in [-0.2, -0.15) is 0 Å². The Kier molecular flexibility index (Phi) is 4.24. The average Bonchev–Trinajstić information content (AvgIpc) is 2.43. The molecule has 1 N–H and O–H groups in total. The second kappa shape index (κ2) is 5.76. The molecule has 106 valence electrons. The van der Waals surface area contributed by atoms with Gasteiger partial charge in [0, 0.05) is 6.42 Å². The molecule has 0 spiro atoms. The fourth-order valence-corrected chi connectivity index (χ4v) is 2.51. The second-order valence-electron chi connectivity index (χ2n) is 5.50. The molecule has 0 aliphatic heterocycles. The Hall–Kier alpha value is -1.67. The van der Waals surface area contributed by atoms with Gasteiger partial charge in [-0.05, 0) is 49.1 Å². The van der Waals surface area contributed by atoms with Gasteiger partial charge in [0.1, 0.15) is 5.82 Å². The summed E-state index contributed by atoms with van der Waals surface area (Å²) in [6, 6.07) is 12.5. The van der Waals surface area contributed by atoms with Crippen LogP contribution in [0.15, 0.2) is 42.5 Å². The predicted octanol–water partition coefficient (Wildman–Crippen LogP) is 4.28. The zero-order valence-electron chi connectivity index (χ0n) is 12.3. The van der Waals surface area contributed by atoms with Crippen molar-refractivity contribution in [3.05, 3.63) is 70.5 Å². The van der Waals surface area contributed by atoms with Crippen molar-refractivity contribution in [3.8, 4) is 0 Å². The van der Waals surface area contributed by atoms with Crippen LogP contribution in [0.25, 0.3) is 0 Å². The van der Waals surface area contributed by atoms with Gasteiger partial charge in [0.15, 0.2) is 0 Å². The predicted molar refractivity (Wildman–Crippen MR) is 80.2 cm³/mol. The molecule has 0 aromatic heterocycles. The number of hydrogen-bond acceptors (Lipinski definition) is 1. The lowest BCUT2D eigenvalue weighted by molar-refractivity contribution is 0.0323. The Morgan fingerprint density at radius 3 is 2.50 bits per heavy atom. The van der Waals surface area contributed by atoms with Crippen LogP contribution in [0.1, 0.15) is 35.6 Å². The number of hydrogen-bond donors (Lipinski definition) is 1. The van der Waals surface area contributed by atoms with E-state index in [-0.39, 0.29) is 5.82 Å². The third-order valence-corrected chi connectivity index (χ3v) is 3.93. The van der Waals surface area contributed by atoms with Gasteiger partial charge in [-0.1, -0.05) is 42.8 Å². The van der Waals surface area contributed by atoms with Crippen molar-refractivity contribution in [3.63, 3.8) is 0 Å². The van der Waals surface area contributed by atoms with Gasteiger partial charge in [-0.25, -0.2) is 4.39 Å². The molecule has 0 bridgehead atoms. The standard InChI is InChI=1S/C18H21FO/c1-4-18(20,16-6-5-7-17(19)11-16)12-15-10-13(2)8-9-14(15)3/h5-11,20H,4,12H2,1-3H3. The van der Waals surface area contributed by atoms with E-state index in [1.165, 1.54) is 17.7 Å². The molecule has 0 radical (unpaired) electrons. The molecule has 0 aliphatic carbocycles. The van der Waals surface area contributed by atoms with Gasteiger partial charge in [0.25, 0.3) is 0 Å². The van der Waals surface area contributed by atoms with Crippen molar-refractivity contribution in [1.29, 1.82) is 0 Å². The fraction of sp³-hybridized carbons (Fsp3) is 0.333. The summed E-state index contributed by atoms with van der Waals surface area (Å²) in [6.45, 7) is 6.00. The summed E-state index contributed by atoms with van der Waals surface area (Å²) in [4.78, 5) is 0. The minimum Gasteiger partial charge on any atom is -0.385 e. The summed E-state index contributed by atoms with van der Waals surface area (Å²) in [5, 5.41) is 10.9. The molecule has 1 unspecified atom stereocenters. The van der Waals surface area contributed by atoms with Crippen LogP contribution in [-0.4, -0.2) is 5.11 Å². The van der Waals surface area contributed by atoms with Crippen molar-refractivity contribution < 1.29 is 9.50 Å². The van der Waals surface area contributed by atoms with E-state index in [0.717, 1.165) is 11.1 Å². The minimum atomic E-state index is -1.03. The third kappa shape index (κ3) is 3.07. The summed E-state index contributed by atoms with van der Waals surface area (Å²) in [7, 11) is 0. The smallest absolute Gasteiger partial charge is 0.123 e. The molecular formula is C18H21FO. The summed E-state index contributed by atoms with van der Waals surface area (Å²) in [6.07, 6.45) is 1.05. The van der Waals surface area contributed by atoms with E-state index < -0.39 is 5.60 Å². The summed E-state index contributed by atoms with van der Waals surface area (Å²) in [5.41, 5.74) is 3.04. The topological polar surface area (TPSA) is 20.2 Å². The molecule has 1 nitrogen and oxygen atoms in total. The Bertz CT molecular complexity index is 606. The number of aryl methyl sites for hydroxylation is 2. The van der Waals surface area contributed by atoms with E-state index >= 15 is 0 Å². The highest BCUT2D eigenvalue weighted by molar-refractivity contribution is 5.34. The van der Waals surface area contributed by atoms with E-state index in [1.807, 2.05) is 20.8 Å². The number of aliphatic hydroxyl groups is 1. The summed E-state index contributed by atoms with van der Waals surface area (Å²) < 4.78 is 13.4. The van der Waals surface area contributed by atoms with E-state index in [4.69, 9.17) is 0 Å². The van der Waals surface area contributed by atoms with Gasteiger partial charge in [0.05, 0.1) is 5.60 Å². The first-order chi connectivity index (χ1) is 9.44. The van der Waals surface area contributed by atoms with Crippen LogP contribution in [0.3, 0.4) is 0 Å². The number of rotatable bonds is 4. The number of halogens is 1. The molecule has 2 aromatic carbocycles. The van der Waals surface area contributed by atoms with Gasteiger partial charge in [-0.3, -0.25) is 0 Å². The van der Waals surface area contributed by atoms with Crippen LogP contribution in [0, 0.1) is 19.7 Å². The minimum absolute atomic E-state index is 0.310. The molecule has 1 atom stereocenters. The van der Waals surface area contributed by atoms with Crippen molar-refractivity contribution >= 4 is 0 Å². The molecule has 0 saturated carbocycles. The van der Waals surface area contributed by atoms with E-state index in [9.17, 15) is 9.50 Å². The lowest BCUT2D eigenvalue weighted by atomic mass is 9.83. The number of benzene rings is 2. The van der Waals surface area contributed by atoms with Crippen molar-refractivity contribution in [2.45, 2.75) is 39.2 Å². The van der Waals surface area contributed by atoms with Gasteiger partial charge in [0.2, 0.25) is 0 Å². The third-order valence-electron chi connectivity index (χ3n) is 3.93. The molecule has 0 amide bonds. The Labute approximate surface area is 120 Å². The largest absolute Gasteiger partial charge is 0.385 e. The normalized spacial score (nSPS) is 14.1. The molecule has 0 saturated heterocycles. The molecule has 2 aromatic rings. The zero-order valence-corrected chi connectivity index (χ0v) is 12.3. The van der Waals surface area contributed by atoms with Gasteiger partial charge >= 0.3 is 0 Å². The molecular weight excluding hydrogens is 251 g/mol. The van der Waals surface area contributed by atoms with Crippen LogP contribution < -0.4 is 0 Å². The maximum absolute atomic E-state index is 13.4. The highest BCUT2D eigenvalue weighted by Crippen LogP contribution is 2.31. The fourth-order valence-electron chi connectivity index (χ4n) is 2.51. The average molecular weight is 272 g/mol. The van der Waals surface area contributed by atoms with Gasteiger partial charge < -0.3 is 5.11 Å². The SMILES string of the molecule is CCC(O)(Cc1cc(C)ccc1C)c1cccc(F)c1. The Morgan fingerprint density at radius 2 is 1.85 bits per heavy atom. The molecule has 2 rings (SSSR count). The van der Waals surface area contributed by atoms with Crippen molar-refractivity contribution in [2.24, 2.45) is 0 Å². The first-order valence-corrected chi connectivity index (χ1v) is 6.99. The molecule has 0 fully saturated rings. The van der Waals surface area contributed by atoms with Crippen LogP contribution in [-0.2, 0) is 12.0 Å². The molecule has 20 heavy (non-hydrogen) atoms. The molecule has 0 heterocycles. The van der Waals surface area contributed by atoms with Crippen LogP contribution in [0.4, 0.5) is 4.39 Å². The lowest BCUT2D eigenvalue weighted by Crippen LogP contribution is -2.28. The van der Waals surface area contributed by atoms with Crippen LogP contribution in [0.5, 0.6) is 0 Å². The molecule has 2 heteroatoms. The zero-order chi connectivity index (χ0) is 14.8. The maximum Gasteiger partial charge on any atom is 0.123 e. The summed E-state index contributed by atoms with van der Waals surface area (Å²) >= 11 is 0. The highest BCUT2D eigenvalue weighted by atomic mass is 19.1. The quantitative estimate of drug-likeness (QED) is 0.880. The van der Waals surface area contributed by atoms with E-state index in [0.29, 0.717) is 18.4 Å². The molecule has 0 aliphatic rings. The van der Waals surface area contributed by atoms with Crippen molar-refractivity contribution in [1.82, 2.24) is 0 Å². The highest BCUT2D eigenvalue weighted by Gasteiger charge is 2.28. The van der Waals surface area contributed by atoms with Crippen molar-refractivity contribution in [2.75, 3.05) is 0 Å². The Balaban J connectivity index is 2.39. The first-order valence-electron chi connectivity index (χ1n) is 6.99. The first kappa shape index (κ1) is 14.7. The lowest BCUT2D eigenvalue weighted by Gasteiger charge is -2.28. The second-order valence-corrected chi connectivity index (χ2v) is 5.50. The maximum atomic E-state index is 13.4.